The van der Waals surface area contributed by atoms with Crippen LogP contribution in [-0.2, 0) is 11.1 Å². The third-order valence-electron chi connectivity index (χ3n) is 3.41. The van der Waals surface area contributed by atoms with Crippen LogP contribution in [0.2, 0.25) is 0 Å². The van der Waals surface area contributed by atoms with Gasteiger partial charge in [0.1, 0.15) is 0 Å². The van der Waals surface area contributed by atoms with E-state index in [-0.39, 0.29) is 0 Å². The summed E-state index contributed by atoms with van der Waals surface area (Å²) in [6.07, 6.45) is 6.04. The average molecular weight is 216 g/mol. The molecule has 2 aliphatic rings. The van der Waals surface area contributed by atoms with Crippen LogP contribution < -0.4 is 0 Å². The second-order valence-corrected chi connectivity index (χ2v) is 5.52. The van der Waals surface area contributed by atoms with Gasteiger partial charge in [-0.2, -0.15) is 0 Å². The highest BCUT2D eigenvalue weighted by atomic mass is 32.2. The first-order valence-corrected chi connectivity index (χ1v) is 6.80. The minimum absolute atomic E-state index is 0.355. The Kier molecular flexibility index (Phi) is 3.57. The van der Waals surface area contributed by atoms with Crippen molar-refractivity contribution in [2.24, 2.45) is 5.92 Å². The Balaban J connectivity index is 1.64. The van der Waals surface area contributed by atoms with Gasteiger partial charge in [0, 0.05) is 11.8 Å². The third-order valence-corrected chi connectivity index (χ3v) is 3.97. The van der Waals surface area contributed by atoms with Gasteiger partial charge in [-0.15, -0.1) is 0 Å². The van der Waals surface area contributed by atoms with E-state index in [2.05, 4.69) is 4.90 Å². The normalized spacial score (nSPS) is 27.8. The summed E-state index contributed by atoms with van der Waals surface area (Å²) in [4.78, 5) is 2.57. The molecule has 1 aliphatic carbocycles. The molecule has 14 heavy (non-hydrogen) atoms. The smallest absolute Gasteiger partial charge is 0.0104 e. The van der Waals surface area contributed by atoms with Crippen LogP contribution in [0.15, 0.2) is 0 Å². The zero-order valence-electron chi connectivity index (χ0n) is 8.48. The summed E-state index contributed by atoms with van der Waals surface area (Å²) in [5.41, 5.74) is 0. The molecule has 2 fully saturated rings. The molecular weight excluding hydrogens is 198 g/mol. The molecule has 1 saturated heterocycles. The van der Waals surface area contributed by atoms with Gasteiger partial charge in [0.2, 0.25) is 0 Å². The molecule has 1 atom stereocenters. The van der Waals surface area contributed by atoms with Crippen molar-refractivity contribution in [1.29, 1.82) is 0 Å². The van der Waals surface area contributed by atoms with Crippen molar-refractivity contribution in [3.8, 4) is 0 Å². The summed E-state index contributed by atoms with van der Waals surface area (Å²) in [6.45, 7) is 2.39. The second kappa shape index (κ2) is 4.73. The van der Waals surface area contributed by atoms with Crippen molar-refractivity contribution in [3.63, 3.8) is 0 Å². The molecule has 0 aromatic heterocycles. The van der Waals surface area contributed by atoms with Crippen LogP contribution in [0.1, 0.15) is 32.1 Å². The molecule has 1 heterocycles. The molecule has 1 unspecified atom stereocenters. The Morgan fingerprint density at radius 1 is 1.21 bits per heavy atom. The van der Waals surface area contributed by atoms with Crippen LogP contribution in [0.25, 0.3) is 0 Å². The Morgan fingerprint density at radius 2 is 1.86 bits per heavy atom. The van der Waals surface area contributed by atoms with Gasteiger partial charge in [-0.3, -0.25) is 4.21 Å². The highest BCUT2D eigenvalue weighted by Gasteiger charge is 2.31. The summed E-state index contributed by atoms with van der Waals surface area (Å²) >= 11 is -1.84. The molecule has 1 aliphatic heterocycles. The number of hydrogen-bond donors (Lipinski definition) is 0. The summed E-state index contributed by atoms with van der Waals surface area (Å²) in [7, 11) is 0. The second-order valence-electron chi connectivity index (χ2n) is 4.51. The molecule has 0 spiro atoms. The summed E-state index contributed by atoms with van der Waals surface area (Å²) < 4.78 is 20.8. The number of hydrogen-bond acceptors (Lipinski definition) is 3. The zero-order valence-corrected chi connectivity index (χ0v) is 9.30. The summed E-state index contributed by atoms with van der Waals surface area (Å²) in [6, 6.07) is 0.879. The van der Waals surface area contributed by atoms with E-state index < -0.39 is 11.1 Å². The molecule has 0 N–H and O–H groups in total. The van der Waals surface area contributed by atoms with Crippen molar-refractivity contribution in [2.75, 3.05) is 18.8 Å². The number of nitrogens with zero attached hydrogens (tertiary/aromatic N) is 1. The minimum atomic E-state index is -1.84. The predicted molar refractivity (Wildman–Crippen MR) is 55.7 cm³/mol. The van der Waals surface area contributed by atoms with Crippen molar-refractivity contribution in [2.45, 2.75) is 38.1 Å². The van der Waals surface area contributed by atoms with Crippen molar-refractivity contribution >= 4 is 11.1 Å². The highest BCUT2D eigenvalue weighted by molar-refractivity contribution is 7.79. The molecule has 4 heteroatoms. The predicted octanol–water partition coefficient (Wildman–Crippen LogP) is 1.13. The molecule has 0 bridgehead atoms. The van der Waals surface area contributed by atoms with Crippen LogP contribution >= 0.6 is 0 Å². The molecule has 0 aromatic carbocycles. The Bertz CT molecular complexity index is 210. The topological polar surface area (TPSA) is 43.4 Å². The van der Waals surface area contributed by atoms with Crippen LogP contribution in [-0.4, -0.2) is 38.5 Å². The van der Waals surface area contributed by atoms with Gasteiger partial charge < -0.3 is 9.45 Å². The lowest BCUT2D eigenvalue weighted by atomic mass is 9.94. The lowest BCUT2D eigenvalue weighted by Crippen LogP contribution is -2.35. The van der Waals surface area contributed by atoms with Gasteiger partial charge in [-0.05, 0) is 51.1 Å². The van der Waals surface area contributed by atoms with E-state index in [1.54, 1.807) is 0 Å². The summed E-state index contributed by atoms with van der Waals surface area (Å²) in [5.74, 6) is 1.01. The van der Waals surface area contributed by atoms with Gasteiger partial charge in [-0.25, -0.2) is 0 Å². The van der Waals surface area contributed by atoms with Gasteiger partial charge in [-0.1, -0.05) is 11.1 Å². The van der Waals surface area contributed by atoms with Crippen LogP contribution in [0.4, 0.5) is 0 Å². The average Bonchev–Trinajstić information content (AvgIpc) is 2.99. The largest absolute Gasteiger partial charge is 0.772 e. The van der Waals surface area contributed by atoms with Crippen LogP contribution in [0.5, 0.6) is 0 Å². The SMILES string of the molecule is O=S([O-])CCC1CCN(C2CC2)CC1. The molecule has 2 rings (SSSR count). The molecule has 3 nitrogen and oxygen atoms in total. The van der Waals surface area contributed by atoms with Crippen molar-refractivity contribution < 1.29 is 8.76 Å². The lowest BCUT2D eigenvalue weighted by Gasteiger charge is -2.32. The first-order chi connectivity index (χ1) is 6.75. The standard InChI is InChI=1S/C10H19NO2S/c12-14(13)8-5-9-3-6-11(7-4-9)10-1-2-10/h9-10H,1-8H2,(H,12,13)/p-1. The maximum atomic E-state index is 10.4. The monoisotopic (exact) mass is 216 g/mol. The fraction of sp³-hybridized carbons (Fsp3) is 1.00. The number of piperidine rings is 1. The van der Waals surface area contributed by atoms with E-state index in [0.29, 0.717) is 11.7 Å². The van der Waals surface area contributed by atoms with E-state index in [9.17, 15) is 8.76 Å². The molecule has 1 saturated carbocycles. The van der Waals surface area contributed by atoms with Gasteiger partial charge >= 0.3 is 0 Å². The van der Waals surface area contributed by atoms with Gasteiger partial charge in [0.05, 0.1) is 0 Å². The lowest BCUT2D eigenvalue weighted by molar-refractivity contribution is 0.174. The number of rotatable bonds is 4. The van der Waals surface area contributed by atoms with E-state index in [1.807, 2.05) is 0 Å². The Morgan fingerprint density at radius 3 is 2.36 bits per heavy atom. The van der Waals surface area contributed by atoms with Crippen LogP contribution in [0.3, 0.4) is 0 Å². The van der Waals surface area contributed by atoms with Crippen molar-refractivity contribution in [3.05, 3.63) is 0 Å². The maximum Gasteiger partial charge on any atom is 0.0104 e. The quantitative estimate of drug-likeness (QED) is 0.662. The van der Waals surface area contributed by atoms with Crippen LogP contribution in [0, 0.1) is 5.92 Å². The fourth-order valence-electron chi connectivity index (χ4n) is 2.31. The van der Waals surface area contributed by atoms with E-state index >= 15 is 0 Å². The Labute approximate surface area is 88.1 Å². The molecule has 0 amide bonds. The number of likely N-dealkylation sites (tertiary alicyclic amines) is 1. The van der Waals surface area contributed by atoms with Gasteiger partial charge in [0.25, 0.3) is 0 Å². The van der Waals surface area contributed by atoms with Crippen molar-refractivity contribution in [1.82, 2.24) is 4.90 Å². The molecule has 0 aromatic rings. The maximum absolute atomic E-state index is 10.4. The first kappa shape index (κ1) is 10.6. The first-order valence-electron chi connectivity index (χ1n) is 5.55. The Hall–Kier alpha value is 0.0700. The summed E-state index contributed by atoms with van der Waals surface area (Å²) in [5, 5.41) is 0. The molecule has 82 valence electrons. The molecular formula is C10H18NO2S-. The molecule has 0 radical (unpaired) electrons. The highest BCUT2D eigenvalue weighted by Crippen LogP contribution is 2.31. The minimum Gasteiger partial charge on any atom is -0.772 e. The van der Waals surface area contributed by atoms with E-state index in [0.717, 1.165) is 12.5 Å². The zero-order chi connectivity index (χ0) is 9.97. The van der Waals surface area contributed by atoms with E-state index in [4.69, 9.17) is 0 Å². The fourth-order valence-corrected chi connectivity index (χ4v) is 2.84. The van der Waals surface area contributed by atoms with Gasteiger partial charge in [0.15, 0.2) is 0 Å². The van der Waals surface area contributed by atoms with E-state index in [1.165, 1.54) is 38.8 Å². The third kappa shape index (κ3) is 3.04.